The molecule has 1 aliphatic rings. The maximum atomic E-state index is 6.02. The molecule has 1 N–H and O–H groups in total. The van der Waals surface area contributed by atoms with Gasteiger partial charge in [-0.15, -0.1) is 11.3 Å². The predicted molar refractivity (Wildman–Crippen MR) is 96.9 cm³/mol. The van der Waals surface area contributed by atoms with Gasteiger partial charge in [-0.25, -0.2) is 0 Å². The minimum Gasteiger partial charge on any atom is -0.276 e. The summed E-state index contributed by atoms with van der Waals surface area (Å²) in [6.45, 7) is 4.74. The van der Waals surface area contributed by atoms with Gasteiger partial charge >= 0.3 is 0 Å². The van der Waals surface area contributed by atoms with E-state index in [1.54, 1.807) is 11.3 Å². The minimum atomic E-state index is 0.491. The normalized spacial score (nSPS) is 13.3. The number of aryl methyl sites for hydroxylation is 1. The van der Waals surface area contributed by atoms with Gasteiger partial charge in [-0.2, -0.15) is 5.10 Å². The molecule has 0 amide bonds. The number of nitrogens with one attached hydrogen (secondary N) is 1. The zero-order chi connectivity index (χ0) is 16.1. The molecule has 1 aliphatic heterocycles. The summed E-state index contributed by atoms with van der Waals surface area (Å²) in [6.07, 6.45) is 0. The lowest BCUT2D eigenvalue weighted by molar-refractivity contribution is 0.875. The van der Waals surface area contributed by atoms with Crippen molar-refractivity contribution in [3.05, 3.63) is 61.5 Å². The molecular formula is C16H13ClN4S2. The Labute approximate surface area is 147 Å². The summed E-state index contributed by atoms with van der Waals surface area (Å²) < 4.78 is 2.61. The van der Waals surface area contributed by atoms with E-state index in [9.17, 15) is 0 Å². The molecule has 23 heavy (non-hydrogen) atoms. The number of halogens is 1. The first-order chi connectivity index (χ1) is 11.1. The van der Waals surface area contributed by atoms with Crippen molar-refractivity contribution in [2.75, 3.05) is 0 Å². The molecule has 0 saturated heterocycles. The smallest absolute Gasteiger partial charge is 0.200 e. The van der Waals surface area contributed by atoms with Crippen LogP contribution in [-0.2, 0) is 6.54 Å². The number of fused-ring (bicyclic) bond motifs is 3. The van der Waals surface area contributed by atoms with Gasteiger partial charge in [0.2, 0.25) is 4.77 Å². The first-order valence-electron chi connectivity index (χ1n) is 7.13. The molecule has 0 fully saturated rings. The minimum absolute atomic E-state index is 0.491. The van der Waals surface area contributed by atoms with E-state index in [1.165, 1.54) is 10.4 Å². The lowest BCUT2D eigenvalue weighted by Crippen LogP contribution is -2.06. The predicted octanol–water partition coefficient (Wildman–Crippen LogP) is 4.61. The maximum Gasteiger partial charge on any atom is 0.200 e. The lowest BCUT2D eigenvalue weighted by Gasteiger charge is -2.08. The van der Waals surface area contributed by atoms with Crippen LogP contribution in [0.15, 0.2) is 29.3 Å². The van der Waals surface area contributed by atoms with Gasteiger partial charge in [0, 0.05) is 21.0 Å². The fraction of sp³-hybridized carbons (Fsp3) is 0.188. The topological polar surface area (TPSA) is 46.0 Å². The van der Waals surface area contributed by atoms with Crippen LogP contribution in [0.1, 0.15) is 27.4 Å². The highest BCUT2D eigenvalue weighted by Gasteiger charge is 2.25. The van der Waals surface area contributed by atoms with Gasteiger partial charge in [0.1, 0.15) is 11.5 Å². The Morgan fingerprint density at radius 3 is 2.74 bits per heavy atom. The number of thiophene rings is 1. The summed E-state index contributed by atoms with van der Waals surface area (Å²) in [5, 5.41) is 9.00. The van der Waals surface area contributed by atoms with Crippen molar-refractivity contribution in [2.24, 2.45) is 4.99 Å². The van der Waals surface area contributed by atoms with Gasteiger partial charge in [-0.3, -0.25) is 14.7 Å². The van der Waals surface area contributed by atoms with Gasteiger partial charge in [0.15, 0.2) is 5.82 Å². The number of aromatic amines is 1. The SMILES string of the molecule is Cc1sc2c(c1C)C(c1ccc(Cl)cc1)=NCc1n[nH]c(=S)n1-2. The van der Waals surface area contributed by atoms with Crippen LogP contribution in [0.2, 0.25) is 5.02 Å². The molecule has 2 aromatic heterocycles. The summed E-state index contributed by atoms with van der Waals surface area (Å²) in [4.78, 5) is 6.08. The molecule has 4 rings (SSSR count). The molecule has 0 bridgehead atoms. The quantitative estimate of drug-likeness (QED) is 0.644. The van der Waals surface area contributed by atoms with E-state index in [4.69, 9.17) is 28.8 Å². The van der Waals surface area contributed by atoms with Crippen LogP contribution >= 0.6 is 35.2 Å². The molecule has 1 aromatic carbocycles. The molecule has 0 radical (unpaired) electrons. The van der Waals surface area contributed by atoms with Crippen LogP contribution in [0.25, 0.3) is 5.00 Å². The number of aliphatic imine (C=N–C) groups is 1. The Kier molecular flexibility index (Phi) is 3.48. The molecule has 116 valence electrons. The highest BCUT2D eigenvalue weighted by atomic mass is 35.5. The van der Waals surface area contributed by atoms with Crippen molar-refractivity contribution >= 4 is 40.9 Å². The Morgan fingerprint density at radius 1 is 1.26 bits per heavy atom. The van der Waals surface area contributed by atoms with E-state index in [1.807, 2.05) is 28.8 Å². The monoisotopic (exact) mass is 360 g/mol. The van der Waals surface area contributed by atoms with Crippen LogP contribution in [0.5, 0.6) is 0 Å². The second kappa shape index (κ2) is 5.40. The van der Waals surface area contributed by atoms with Crippen molar-refractivity contribution in [3.63, 3.8) is 0 Å². The van der Waals surface area contributed by atoms with E-state index in [-0.39, 0.29) is 0 Å². The third-order valence-electron chi connectivity index (χ3n) is 4.04. The van der Waals surface area contributed by atoms with E-state index < -0.39 is 0 Å². The largest absolute Gasteiger partial charge is 0.276 e. The third kappa shape index (κ3) is 2.29. The second-order valence-electron chi connectivity index (χ2n) is 5.42. The third-order valence-corrected chi connectivity index (χ3v) is 5.76. The first kappa shape index (κ1) is 14.8. The molecular weight excluding hydrogens is 348 g/mol. The van der Waals surface area contributed by atoms with Crippen molar-refractivity contribution in [1.29, 1.82) is 0 Å². The van der Waals surface area contributed by atoms with Crippen molar-refractivity contribution in [1.82, 2.24) is 14.8 Å². The number of hydrogen-bond donors (Lipinski definition) is 1. The van der Waals surface area contributed by atoms with Gasteiger partial charge in [0.05, 0.1) is 5.71 Å². The molecule has 0 aliphatic carbocycles. The molecule has 4 nitrogen and oxygen atoms in total. The molecule has 0 spiro atoms. The molecule has 3 heterocycles. The zero-order valence-electron chi connectivity index (χ0n) is 12.6. The van der Waals surface area contributed by atoms with Gasteiger partial charge < -0.3 is 0 Å². The van der Waals surface area contributed by atoms with E-state index >= 15 is 0 Å². The average molecular weight is 361 g/mol. The summed E-state index contributed by atoms with van der Waals surface area (Å²) >= 11 is 13.2. The fourth-order valence-corrected chi connectivity index (χ4v) is 4.37. The summed E-state index contributed by atoms with van der Waals surface area (Å²) in [6, 6.07) is 7.80. The number of nitrogens with zero attached hydrogens (tertiary/aromatic N) is 3. The summed E-state index contributed by atoms with van der Waals surface area (Å²) in [5.74, 6) is 0.835. The van der Waals surface area contributed by atoms with Crippen LogP contribution in [0.3, 0.4) is 0 Å². The molecule has 3 aromatic rings. The molecule has 0 unspecified atom stereocenters. The maximum absolute atomic E-state index is 6.02. The Morgan fingerprint density at radius 2 is 2.00 bits per heavy atom. The van der Waals surface area contributed by atoms with Crippen LogP contribution < -0.4 is 0 Å². The van der Waals surface area contributed by atoms with Crippen LogP contribution in [0, 0.1) is 18.6 Å². The molecule has 7 heteroatoms. The number of rotatable bonds is 1. The van der Waals surface area contributed by atoms with E-state index in [2.05, 4.69) is 24.0 Å². The number of aromatic nitrogens is 3. The van der Waals surface area contributed by atoms with Crippen molar-refractivity contribution < 1.29 is 0 Å². The van der Waals surface area contributed by atoms with Gasteiger partial charge in [-0.1, -0.05) is 23.7 Å². The molecule has 0 atom stereocenters. The summed E-state index contributed by atoms with van der Waals surface area (Å²) in [7, 11) is 0. The standard InChI is InChI=1S/C16H13ClN4S2/c1-8-9(2)23-15-13(8)14(10-3-5-11(17)6-4-10)18-7-12-19-20-16(22)21(12)15/h3-6H,7H2,1-2H3,(H,20,22). The second-order valence-corrected chi connectivity index (χ2v) is 7.44. The zero-order valence-corrected chi connectivity index (χ0v) is 14.9. The van der Waals surface area contributed by atoms with Crippen molar-refractivity contribution in [3.8, 4) is 5.00 Å². The Hall–Kier alpha value is -1.76. The van der Waals surface area contributed by atoms with E-state index in [0.717, 1.165) is 32.7 Å². The molecule has 0 saturated carbocycles. The highest BCUT2D eigenvalue weighted by Crippen LogP contribution is 2.35. The number of benzene rings is 1. The highest BCUT2D eigenvalue weighted by molar-refractivity contribution is 7.71. The van der Waals surface area contributed by atoms with Gasteiger partial charge in [0.25, 0.3) is 0 Å². The van der Waals surface area contributed by atoms with Crippen LogP contribution in [-0.4, -0.2) is 20.5 Å². The van der Waals surface area contributed by atoms with Crippen LogP contribution in [0.4, 0.5) is 0 Å². The summed E-state index contributed by atoms with van der Waals surface area (Å²) in [5.41, 5.74) is 4.39. The van der Waals surface area contributed by atoms with Crippen molar-refractivity contribution in [2.45, 2.75) is 20.4 Å². The fourth-order valence-electron chi connectivity index (χ4n) is 2.76. The Balaban J connectivity index is 2.02. The van der Waals surface area contributed by atoms with Gasteiger partial charge in [-0.05, 0) is 43.8 Å². The van der Waals surface area contributed by atoms with E-state index in [0.29, 0.717) is 11.3 Å². The number of hydrogen-bond acceptors (Lipinski definition) is 4. The Bertz CT molecular complexity index is 992. The number of H-pyrrole nitrogens is 1. The average Bonchev–Trinajstić information content (AvgIpc) is 2.97. The lowest BCUT2D eigenvalue weighted by atomic mass is 10.00. The first-order valence-corrected chi connectivity index (χ1v) is 8.74.